The zero-order chi connectivity index (χ0) is 13.3. The maximum atomic E-state index is 5.33. The second-order valence-electron chi connectivity index (χ2n) is 4.45. The van der Waals surface area contributed by atoms with E-state index in [1.54, 1.807) is 0 Å². The van der Waals surface area contributed by atoms with E-state index in [1.165, 1.54) is 17.3 Å². The van der Waals surface area contributed by atoms with Crippen molar-refractivity contribution in [2.24, 2.45) is 0 Å². The van der Waals surface area contributed by atoms with E-state index in [-0.39, 0.29) is 0 Å². The summed E-state index contributed by atoms with van der Waals surface area (Å²) in [5.41, 5.74) is 0. The van der Waals surface area contributed by atoms with Crippen molar-refractivity contribution in [3.05, 3.63) is 12.4 Å². The molecule has 0 bridgehead atoms. The van der Waals surface area contributed by atoms with Gasteiger partial charge in [-0.15, -0.1) is 0 Å². The third-order valence-electron chi connectivity index (χ3n) is 2.95. The molecule has 1 N–H and O–H groups in total. The lowest BCUT2D eigenvalue weighted by Crippen LogP contribution is -2.21. The summed E-state index contributed by atoms with van der Waals surface area (Å²) >= 11 is 4.15. The van der Waals surface area contributed by atoms with Crippen LogP contribution in [0.1, 0.15) is 13.3 Å². The molecule has 1 aromatic heterocycles. The Bertz CT molecular complexity index is 353. The fourth-order valence-electron chi connectivity index (χ4n) is 2.00. The number of imidazole rings is 1. The Kier molecular flexibility index (Phi) is 6.95. The number of aromatic nitrogens is 2. The van der Waals surface area contributed by atoms with Crippen LogP contribution in [-0.2, 0) is 11.3 Å². The SMILES string of the molecule is CCOCCCNc1nccn1CC1CSCCS1. The van der Waals surface area contributed by atoms with Crippen molar-refractivity contribution in [3.63, 3.8) is 0 Å². The van der Waals surface area contributed by atoms with Crippen LogP contribution in [0.5, 0.6) is 0 Å². The van der Waals surface area contributed by atoms with Gasteiger partial charge < -0.3 is 14.6 Å². The summed E-state index contributed by atoms with van der Waals surface area (Å²) in [6.07, 6.45) is 4.98. The number of hydrogen-bond acceptors (Lipinski definition) is 5. The number of ether oxygens (including phenoxy) is 1. The Hall–Kier alpha value is -0.330. The largest absolute Gasteiger partial charge is 0.382 e. The molecule has 0 saturated carbocycles. The lowest BCUT2D eigenvalue weighted by atomic mass is 10.4. The van der Waals surface area contributed by atoms with Gasteiger partial charge >= 0.3 is 0 Å². The average Bonchev–Trinajstić information content (AvgIpc) is 2.87. The van der Waals surface area contributed by atoms with E-state index in [0.29, 0.717) is 0 Å². The first-order chi connectivity index (χ1) is 9.40. The summed E-state index contributed by atoms with van der Waals surface area (Å²) in [5, 5.41) is 4.12. The van der Waals surface area contributed by atoms with Gasteiger partial charge in [-0.3, -0.25) is 0 Å². The number of nitrogens with one attached hydrogen (secondary N) is 1. The van der Waals surface area contributed by atoms with Gasteiger partial charge in [-0.25, -0.2) is 4.98 Å². The van der Waals surface area contributed by atoms with Crippen LogP contribution in [0.2, 0.25) is 0 Å². The predicted molar refractivity (Wildman–Crippen MR) is 85.4 cm³/mol. The number of nitrogens with zero attached hydrogens (tertiary/aromatic N) is 2. The van der Waals surface area contributed by atoms with Gasteiger partial charge in [-0.05, 0) is 13.3 Å². The summed E-state index contributed by atoms with van der Waals surface area (Å²) in [5.74, 6) is 4.83. The molecular weight excluding hydrogens is 278 g/mol. The Balaban J connectivity index is 1.73. The monoisotopic (exact) mass is 301 g/mol. The molecule has 0 aliphatic carbocycles. The topological polar surface area (TPSA) is 39.1 Å². The first-order valence-electron chi connectivity index (χ1n) is 6.92. The van der Waals surface area contributed by atoms with E-state index in [2.05, 4.69) is 44.6 Å². The molecule has 1 aromatic rings. The molecule has 2 heterocycles. The quantitative estimate of drug-likeness (QED) is 0.747. The molecule has 0 aromatic carbocycles. The molecule has 6 heteroatoms. The molecule has 1 unspecified atom stereocenters. The highest BCUT2D eigenvalue weighted by Gasteiger charge is 2.16. The number of rotatable bonds is 8. The Morgan fingerprint density at radius 1 is 1.53 bits per heavy atom. The van der Waals surface area contributed by atoms with Crippen molar-refractivity contribution in [1.29, 1.82) is 0 Å². The highest BCUT2D eigenvalue weighted by Crippen LogP contribution is 2.25. The molecular formula is C13H23N3OS2. The fourth-order valence-corrected chi connectivity index (χ4v) is 4.67. The van der Waals surface area contributed by atoms with Crippen LogP contribution in [0, 0.1) is 0 Å². The van der Waals surface area contributed by atoms with Crippen LogP contribution in [0.25, 0.3) is 0 Å². The molecule has 0 radical (unpaired) electrons. The van der Waals surface area contributed by atoms with Crippen molar-refractivity contribution >= 4 is 29.5 Å². The van der Waals surface area contributed by atoms with E-state index in [9.17, 15) is 0 Å². The van der Waals surface area contributed by atoms with Gasteiger partial charge in [-0.2, -0.15) is 23.5 Å². The third kappa shape index (κ3) is 5.28. The van der Waals surface area contributed by atoms with Gasteiger partial charge in [0.05, 0.1) is 0 Å². The van der Waals surface area contributed by atoms with Gasteiger partial charge in [0.25, 0.3) is 0 Å². The lowest BCUT2D eigenvalue weighted by molar-refractivity contribution is 0.147. The van der Waals surface area contributed by atoms with Crippen LogP contribution in [0.3, 0.4) is 0 Å². The smallest absolute Gasteiger partial charge is 0.202 e. The maximum absolute atomic E-state index is 5.33. The van der Waals surface area contributed by atoms with E-state index in [4.69, 9.17) is 4.74 Å². The first kappa shape index (κ1) is 15.1. The summed E-state index contributed by atoms with van der Waals surface area (Å²) in [6, 6.07) is 0. The second-order valence-corrected chi connectivity index (χ2v) is 7.01. The van der Waals surface area contributed by atoms with Crippen molar-refractivity contribution in [2.45, 2.75) is 25.1 Å². The molecule has 1 aliphatic heterocycles. The van der Waals surface area contributed by atoms with Crippen molar-refractivity contribution in [1.82, 2.24) is 9.55 Å². The molecule has 4 nitrogen and oxygen atoms in total. The van der Waals surface area contributed by atoms with Gasteiger partial charge in [0.15, 0.2) is 0 Å². The minimum atomic E-state index is 0.719. The number of anilines is 1. The summed E-state index contributed by atoms with van der Waals surface area (Å²) in [6.45, 7) is 5.62. The highest BCUT2D eigenvalue weighted by molar-refractivity contribution is 8.06. The number of hydrogen-bond donors (Lipinski definition) is 1. The zero-order valence-electron chi connectivity index (χ0n) is 11.5. The normalized spacial score (nSPS) is 19.5. The van der Waals surface area contributed by atoms with Crippen molar-refractivity contribution in [2.75, 3.05) is 42.3 Å². The minimum absolute atomic E-state index is 0.719. The zero-order valence-corrected chi connectivity index (χ0v) is 13.1. The van der Waals surface area contributed by atoms with Gasteiger partial charge in [0.1, 0.15) is 0 Å². The molecule has 19 heavy (non-hydrogen) atoms. The number of thioether (sulfide) groups is 2. The predicted octanol–water partition coefficient (Wildman–Crippen LogP) is 2.57. The molecule has 1 aliphatic rings. The van der Waals surface area contributed by atoms with Crippen LogP contribution >= 0.6 is 23.5 Å². The van der Waals surface area contributed by atoms with Gasteiger partial charge in [0, 0.05) is 61.2 Å². The van der Waals surface area contributed by atoms with Crippen LogP contribution < -0.4 is 5.32 Å². The average molecular weight is 301 g/mol. The van der Waals surface area contributed by atoms with E-state index in [1.807, 2.05) is 13.1 Å². The summed E-state index contributed by atoms with van der Waals surface area (Å²) in [7, 11) is 0. The summed E-state index contributed by atoms with van der Waals surface area (Å²) in [4.78, 5) is 4.39. The molecule has 2 rings (SSSR count). The molecule has 0 amide bonds. The van der Waals surface area contributed by atoms with Gasteiger partial charge in [0.2, 0.25) is 5.95 Å². The molecule has 1 saturated heterocycles. The highest BCUT2D eigenvalue weighted by atomic mass is 32.2. The maximum Gasteiger partial charge on any atom is 0.202 e. The van der Waals surface area contributed by atoms with E-state index < -0.39 is 0 Å². The van der Waals surface area contributed by atoms with Crippen molar-refractivity contribution in [3.8, 4) is 0 Å². The van der Waals surface area contributed by atoms with Crippen molar-refractivity contribution < 1.29 is 4.74 Å². The molecule has 108 valence electrons. The molecule has 1 fully saturated rings. The lowest BCUT2D eigenvalue weighted by Gasteiger charge is -2.22. The van der Waals surface area contributed by atoms with E-state index in [0.717, 1.165) is 43.9 Å². The Morgan fingerprint density at radius 3 is 3.26 bits per heavy atom. The second kappa shape index (κ2) is 8.76. The Morgan fingerprint density at radius 2 is 2.47 bits per heavy atom. The van der Waals surface area contributed by atoms with Crippen LogP contribution in [0.15, 0.2) is 12.4 Å². The van der Waals surface area contributed by atoms with Gasteiger partial charge in [-0.1, -0.05) is 0 Å². The third-order valence-corrected chi connectivity index (χ3v) is 5.78. The van der Waals surface area contributed by atoms with Crippen LogP contribution in [-0.4, -0.2) is 51.8 Å². The Labute approximate surface area is 124 Å². The summed E-state index contributed by atoms with van der Waals surface area (Å²) < 4.78 is 7.57. The molecule has 1 atom stereocenters. The standard InChI is InChI=1S/C13H23N3OS2/c1-2-17-7-3-4-14-13-15-5-6-16(13)10-12-11-18-8-9-19-12/h5-6,12H,2-4,7-11H2,1H3,(H,14,15). The molecule has 0 spiro atoms. The van der Waals surface area contributed by atoms with E-state index >= 15 is 0 Å². The first-order valence-corrected chi connectivity index (χ1v) is 9.12. The minimum Gasteiger partial charge on any atom is -0.382 e. The fraction of sp³-hybridized carbons (Fsp3) is 0.769. The van der Waals surface area contributed by atoms with Crippen LogP contribution in [0.4, 0.5) is 5.95 Å².